The molecular formula is C17H27N3O2. The predicted molar refractivity (Wildman–Crippen MR) is 87.4 cm³/mol. The monoisotopic (exact) mass is 305 g/mol. The van der Waals surface area contributed by atoms with Gasteiger partial charge in [-0.1, -0.05) is 30.3 Å². The molecular weight excluding hydrogens is 278 g/mol. The molecule has 1 unspecified atom stereocenters. The standard InChI is InChI=1S/C17H27N3O2/c1-22-13-17(7-9-19-10-8-17)12-20-16(21)11-15(18)14-5-3-2-4-6-14/h2-6,15,19H,7-13,18H2,1H3,(H,20,21). The van der Waals surface area contributed by atoms with Crippen molar-refractivity contribution in [2.45, 2.75) is 25.3 Å². The Labute approximate surface area is 132 Å². The summed E-state index contributed by atoms with van der Waals surface area (Å²) in [4.78, 5) is 12.2. The minimum Gasteiger partial charge on any atom is -0.384 e. The van der Waals surface area contributed by atoms with E-state index in [2.05, 4.69) is 10.6 Å². The number of benzene rings is 1. The Kier molecular flexibility index (Phi) is 6.36. The molecule has 4 N–H and O–H groups in total. The highest BCUT2D eigenvalue weighted by molar-refractivity contribution is 5.76. The molecule has 0 saturated carbocycles. The van der Waals surface area contributed by atoms with E-state index in [9.17, 15) is 4.79 Å². The van der Waals surface area contributed by atoms with Gasteiger partial charge in [0, 0.05) is 31.5 Å². The zero-order valence-electron chi connectivity index (χ0n) is 13.3. The van der Waals surface area contributed by atoms with Gasteiger partial charge in [-0.2, -0.15) is 0 Å². The first kappa shape index (κ1) is 16.9. The lowest BCUT2D eigenvalue weighted by Crippen LogP contribution is -2.47. The Bertz CT molecular complexity index is 453. The molecule has 5 nitrogen and oxygen atoms in total. The van der Waals surface area contributed by atoms with Gasteiger partial charge in [0.25, 0.3) is 0 Å². The van der Waals surface area contributed by atoms with Crippen LogP contribution in [0.4, 0.5) is 0 Å². The maximum absolute atomic E-state index is 12.2. The van der Waals surface area contributed by atoms with Crippen molar-refractivity contribution in [3.63, 3.8) is 0 Å². The molecule has 0 aromatic heterocycles. The van der Waals surface area contributed by atoms with Crippen molar-refractivity contribution in [3.8, 4) is 0 Å². The van der Waals surface area contributed by atoms with E-state index in [1.165, 1.54) is 0 Å². The van der Waals surface area contributed by atoms with Crippen molar-refractivity contribution >= 4 is 5.91 Å². The fraction of sp³-hybridized carbons (Fsp3) is 0.588. The van der Waals surface area contributed by atoms with Crippen molar-refractivity contribution in [2.75, 3.05) is 33.4 Å². The second-order valence-corrected chi connectivity index (χ2v) is 6.18. The topological polar surface area (TPSA) is 76.4 Å². The summed E-state index contributed by atoms with van der Waals surface area (Å²) in [5, 5.41) is 6.40. The third kappa shape index (κ3) is 4.80. The SMILES string of the molecule is COCC1(CNC(=O)CC(N)c2ccccc2)CCNCC1. The maximum atomic E-state index is 12.2. The van der Waals surface area contributed by atoms with Gasteiger partial charge in [-0.3, -0.25) is 4.79 Å². The predicted octanol–water partition coefficient (Wildman–Crippen LogP) is 1.21. The molecule has 1 aliphatic rings. The molecule has 1 aromatic carbocycles. The van der Waals surface area contributed by atoms with Crippen LogP contribution in [0.5, 0.6) is 0 Å². The average molecular weight is 305 g/mol. The van der Waals surface area contributed by atoms with Crippen molar-refractivity contribution in [3.05, 3.63) is 35.9 Å². The van der Waals surface area contributed by atoms with E-state index in [1.54, 1.807) is 7.11 Å². The van der Waals surface area contributed by atoms with E-state index in [0.717, 1.165) is 31.5 Å². The number of hydrogen-bond donors (Lipinski definition) is 3. The third-order valence-electron chi connectivity index (χ3n) is 4.41. The fourth-order valence-corrected chi connectivity index (χ4v) is 3.01. The maximum Gasteiger partial charge on any atom is 0.221 e. The molecule has 0 spiro atoms. The Morgan fingerprint density at radius 1 is 1.36 bits per heavy atom. The van der Waals surface area contributed by atoms with Crippen LogP contribution < -0.4 is 16.4 Å². The van der Waals surface area contributed by atoms with Crippen molar-refractivity contribution in [1.29, 1.82) is 0 Å². The van der Waals surface area contributed by atoms with Crippen LogP contribution in [0.3, 0.4) is 0 Å². The zero-order chi connectivity index (χ0) is 15.8. The van der Waals surface area contributed by atoms with Gasteiger partial charge in [-0.05, 0) is 31.5 Å². The molecule has 1 saturated heterocycles. The first-order chi connectivity index (χ1) is 10.7. The molecule has 1 aliphatic heterocycles. The number of ether oxygens (including phenoxy) is 1. The third-order valence-corrected chi connectivity index (χ3v) is 4.41. The summed E-state index contributed by atoms with van der Waals surface area (Å²) in [5.41, 5.74) is 7.14. The lowest BCUT2D eigenvalue weighted by Gasteiger charge is -2.37. The van der Waals surface area contributed by atoms with Gasteiger partial charge in [-0.25, -0.2) is 0 Å². The quantitative estimate of drug-likeness (QED) is 0.708. The van der Waals surface area contributed by atoms with Crippen molar-refractivity contribution < 1.29 is 9.53 Å². The summed E-state index contributed by atoms with van der Waals surface area (Å²) in [6.07, 6.45) is 2.35. The molecule has 0 radical (unpaired) electrons. The van der Waals surface area contributed by atoms with Gasteiger partial charge in [-0.15, -0.1) is 0 Å². The molecule has 22 heavy (non-hydrogen) atoms. The number of hydrogen-bond acceptors (Lipinski definition) is 4. The highest BCUT2D eigenvalue weighted by Crippen LogP contribution is 2.28. The molecule has 2 rings (SSSR count). The molecule has 0 bridgehead atoms. The molecule has 122 valence electrons. The molecule has 5 heteroatoms. The summed E-state index contributed by atoms with van der Waals surface area (Å²) >= 11 is 0. The van der Waals surface area contributed by atoms with Gasteiger partial charge >= 0.3 is 0 Å². The summed E-state index contributed by atoms with van der Waals surface area (Å²) in [6.45, 7) is 3.29. The lowest BCUT2D eigenvalue weighted by atomic mass is 9.79. The largest absolute Gasteiger partial charge is 0.384 e. The van der Waals surface area contributed by atoms with E-state index in [4.69, 9.17) is 10.5 Å². The van der Waals surface area contributed by atoms with Crippen LogP contribution in [0.2, 0.25) is 0 Å². The second kappa shape index (κ2) is 8.27. The van der Waals surface area contributed by atoms with E-state index in [-0.39, 0.29) is 17.4 Å². The first-order valence-corrected chi connectivity index (χ1v) is 7.92. The van der Waals surface area contributed by atoms with Gasteiger partial charge < -0.3 is 21.1 Å². The van der Waals surface area contributed by atoms with Crippen LogP contribution in [0.15, 0.2) is 30.3 Å². The zero-order valence-corrected chi connectivity index (χ0v) is 13.3. The van der Waals surface area contributed by atoms with Gasteiger partial charge in [0.2, 0.25) is 5.91 Å². The van der Waals surface area contributed by atoms with Crippen LogP contribution in [0.25, 0.3) is 0 Å². The van der Waals surface area contributed by atoms with E-state index in [1.807, 2.05) is 30.3 Å². The molecule has 1 atom stereocenters. The highest BCUT2D eigenvalue weighted by atomic mass is 16.5. The first-order valence-electron chi connectivity index (χ1n) is 7.92. The summed E-state index contributed by atoms with van der Waals surface area (Å²) in [7, 11) is 1.72. The van der Waals surface area contributed by atoms with Crippen LogP contribution in [0, 0.1) is 5.41 Å². The normalized spacial score (nSPS) is 18.6. The van der Waals surface area contributed by atoms with E-state index in [0.29, 0.717) is 19.6 Å². The Morgan fingerprint density at radius 2 is 2.05 bits per heavy atom. The summed E-state index contributed by atoms with van der Waals surface area (Å²) in [5.74, 6) is 0.00497. The van der Waals surface area contributed by atoms with Gasteiger partial charge in [0.15, 0.2) is 0 Å². The van der Waals surface area contributed by atoms with Crippen LogP contribution >= 0.6 is 0 Å². The summed E-state index contributed by atoms with van der Waals surface area (Å²) in [6, 6.07) is 9.48. The molecule has 1 amide bonds. The molecule has 1 heterocycles. The van der Waals surface area contributed by atoms with Gasteiger partial charge in [0.05, 0.1) is 6.61 Å². The van der Waals surface area contributed by atoms with Gasteiger partial charge in [0.1, 0.15) is 0 Å². The number of nitrogens with one attached hydrogen (secondary N) is 2. The number of methoxy groups -OCH3 is 1. The smallest absolute Gasteiger partial charge is 0.221 e. The number of amides is 1. The summed E-state index contributed by atoms with van der Waals surface area (Å²) < 4.78 is 5.36. The van der Waals surface area contributed by atoms with E-state index < -0.39 is 0 Å². The Morgan fingerprint density at radius 3 is 2.68 bits per heavy atom. The Balaban J connectivity index is 1.83. The van der Waals surface area contributed by atoms with Crippen LogP contribution in [-0.4, -0.2) is 39.3 Å². The number of nitrogens with two attached hydrogens (primary N) is 1. The van der Waals surface area contributed by atoms with Crippen LogP contribution in [0.1, 0.15) is 30.9 Å². The molecule has 1 fully saturated rings. The lowest BCUT2D eigenvalue weighted by molar-refractivity contribution is -0.122. The van der Waals surface area contributed by atoms with Crippen LogP contribution in [-0.2, 0) is 9.53 Å². The number of rotatable bonds is 7. The van der Waals surface area contributed by atoms with Crippen molar-refractivity contribution in [1.82, 2.24) is 10.6 Å². The average Bonchev–Trinajstić information content (AvgIpc) is 2.55. The Hall–Kier alpha value is -1.43. The molecule has 1 aromatic rings. The molecule has 0 aliphatic carbocycles. The second-order valence-electron chi connectivity index (χ2n) is 6.18. The number of carbonyl (C=O) groups is 1. The number of piperidine rings is 1. The van der Waals surface area contributed by atoms with E-state index >= 15 is 0 Å². The fourth-order valence-electron chi connectivity index (χ4n) is 3.01. The minimum absolute atomic E-state index is 0.00497. The minimum atomic E-state index is -0.257. The number of carbonyl (C=O) groups excluding carboxylic acids is 1. The van der Waals surface area contributed by atoms with Crippen molar-refractivity contribution in [2.24, 2.45) is 11.1 Å². The highest BCUT2D eigenvalue weighted by Gasteiger charge is 2.32.